The van der Waals surface area contributed by atoms with E-state index in [1.165, 1.54) is 0 Å². The summed E-state index contributed by atoms with van der Waals surface area (Å²) in [5.74, 6) is 2.25. The first-order chi connectivity index (χ1) is 4.75. The summed E-state index contributed by atoms with van der Waals surface area (Å²) >= 11 is 0. The predicted molar refractivity (Wildman–Crippen MR) is 38.8 cm³/mol. The van der Waals surface area contributed by atoms with Crippen molar-refractivity contribution in [1.82, 2.24) is 0 Å². The molecule has 0 aromatic rings. The van der Waals surface area contributed by atoms with Gasteiger partial charge in [-0.3, -0.25) is 0 Å². The average molecular weight is 160 g/mol. The van der Waals surface area contributed by atoms with Gasteiger partial charge in [-0.15, -0.1) is 6.42 Å². The van der Waals surface area contributed by atoms with Gasteiger partial charge in [0.05, 0.1) is 19.3 Å². The summed E-state index contributed by atoms with van der Waals surface area (Å²) in [5, 5.41) is 18.0. The van der Waals surface area contributed by atoms with Crippen LogP contribution in [0.4, 0.5) is 0 Å². The number of hydrogen-bond acceptors (Lipinski definition) is 3. The molecule has 4 nitrogen and oxygen atoms in total. The Balaban J connectivity index is 0.000001000. The lowest BCUT2D eigenvalue weighted by Gasteiger charge is -2.22. The molecule has 4 N–H and O–H groups in total. The number of terminal acetylenes is 1. The topological polar surface area (TPSA) is 81.2 Å². The first-order valence-electron chi connectivity index (χ1n) is 3.16. The van der Waals surface area contributed by atoms with Crippen molar-refractivity contribution in [3.63, 3.8) is 0 Å². The third kappa shape index (κ3) is 1.52. The Morgan fingerprint density at radius 1 is 1.73 bits per heavy atom. The Morgan fingerprint density at radius 3 is 2.55 bits per heavy atom. The minimum Gasteiger partial charge on any atom is -0.412 e. The largest absolute Gasteiger partial charge is 0.412 e. The van der Waals surface area contributed by atoms with Crippen LogP contribution in [0.15, 0.2) is 0 Å². The van der Waals surface area contributed by atoms with Crippen molar-refractivity contribution in [1.29, 1.82) is 0 Å². The van der Waals surface area contributed by atoms with Crippen molar-refractivity contribution >= 4 is 0 Å². The van der Waals surface area contributed by atoms with E-state index in [4.69, 9.17) is 16.3 Å². The average Bonchev–Trinajstić information content (AvgIpc) is 2.32. The highest BCUT2D eigenvalue weighted by Crippen LogP contribution is 2.24. The van der Waals surface area contributed by atoms with E-state index >= 15 is 0 Å². The van der Waals surface area contributed by atoms with Gasteiger partial charge in [-0.25, -0.2) is 0 Å². The maximum Gasteiger partial charge on any atom is 0.176 e. The predicted octanol–water partition coefficient (Wildman–Crippen LogP) is -1.69. The summed E-state index contributed by atoms with van der Waals surface area (Å²) < 4.78 is 5.02. The van der Waals surface area contributed by atoms with Crippen molar-refractivity contribution in [3.8, 4) is 12.3 Å². The monoisotopic (exact) mass is 160 g/mol. The lowest BCUT2D eigenvalue weighted by atomic mass is 9.99. The number of hydrogen-bond donors (Lipinski definition) is 2. The molecule has 2 unspecified atom stereocenters. The fourth-order valence-electron chi connectivity index (χ4n) is 1.02. The number of rotatable bonds is 1. The van der Waals surface area contributed by atoms with Gasteiger partial charge in [0.1, 0.15) is 0 Å². The molecule has 1 saturated heterocycles. The summed E-state index contributed by atoms with van der Waals surface area (Å²) in [5.41, 5.74) is -1.12. The Kier molecular flexibility index (Phi) is 3.49. The van der Waals surface area contributed by atoms with E-state index in [9.17, 15) is 5.11 Å². The maximum absolute atomic E-state index is 9.21. The van der Waals surface area contributed by atoms with Crippen molar-refractivity contribution in [2.75, 3.05) is 13.2 Å². The van der Waals surface area contributed by atoms with E-state index in [0.29, 0.717) is 13.0 Å². The minimum absolute atomic E-state index is 0. The summed E-state index contributed by atoms with van der Waals surface area (Å²) in [6.07, 6.45) is 4.86. The molecule has 1 aliphatic heterocycles. The van der Waals surface area contributed by atoms with Gasteiger partial charge < -0.3 is 20.4 Å². The standard InChI is InChI=1S/C7H10O3.H2O/c1-2-7(5-8)6(9)3-4-10-7;/h1,6,8-9H,3-5H2;1H2. The smallest absolute Gasteiger partial charge is 0.176 e. The van der Waals surface area contributed by atoms with Gasteiger partial charge in [-0.1, -0.05) is 5.92 Å². The van der Waals surface area contributed by atoms with Gasteiger partial charge in [-0.05, 0) is 0 Å². The van der Waals surface area contributed by atoms with Crippen LogP contribution in [0.3, 0.4) is 0 Å². The molecule has 64 valence electrons. The fraction of sp³-hybridized carbons (Fsp3) is 0.714. The van der Waals surface area contributed by atoms with Crippen LogP contribution in [0.1, 0.15) is 6.42 Å². The van der Waals surface area contributed by atoms with E-state index < -0.39 is 11.7 Å². The van der Waals surface area contributed by atoms with Crippen LogP contribution in [-0.4, -0.2) is 40.6 Å². The van der Waals surface area contributed by atoms with Crippen LogP contribution in [0.5, 0.6) is 0 Å². The van der Waals surface area contributed by atoms with Crippen LogP contribution in [0.2, 0.25) is 0 Å². The second-order valence-corrected chi connectivity index (χ2v) is 2.34. The van der Waals surface area contributed by atoms with Crippen molar-refractivity contribution in [2.24, 2.45) is 0 Å². The summed E-state index contributed by atoms with van der Waals surface area (Å²) in [6.45, 7) is 0.108. The molecule has 1 rings (SSSR count). The highest BCUT2D eigenvalue weighted by atomic mass is 16.5. The van der Waals surface area contributed by atoms with Crippen molar-refractivity contribution in [2.45, 2.75) is 18.1 Å². The zero-order valence-corrected chi connectivity index (χ0v) is 6.08. The molecule has 4 heteroatoms. The van der Waals surface area contributed by atoms with Gasteiger partial charge in [0.25, 0.3) is 0 Å². The number of aliphatic hydroxyl groups is 2. The highest BCUT2D eigenvalue weighted by molar-refractivity contribution is 5.14. The van der Waals surface area contributed by atoms with Gasteiger partial charge in [0, 0.05) is 6.42 Å². The van der Waals surface area contributed by atoms with Crippen LogP contribution in [0, 0.1) is 12.3 Å². The zero-order valence-electron chi connectivity index (χ0n) is 6.08. The lowest BCUT2D eigenvalue weighted by Crippen LogP contribution is -2.41. The molecule has 0 radical (unpaired) electrons. The van der Waals surface area contributed by atoms with Crippen LogP contribution in [-0.2, 0) is 4.74 Å². The van der Waals surface area contributed by atoms with E-state index in [1.807, 2.05) is 0 Å². The molecule has 1 heterocycles. The van der Waals surface area contributed by atoms with Crippen LogP contribution in [0.25, 0.3) is 0 Å². The maximum atomic E-state index is 9.21. The normalized spacial score (nSPS) is 35.9. The van der Waals surface area contributed by atoms with Crippen molar-refractivity contribution < 1.29 is 20.4 Å². The molecular weight excluding hydrogens is 148 g/mol. The van der Waals surface area contributed by atoms with Gasteiger partial charge in [0.15, 0.2) is 5.60 Å². The lowest BCUT2D eigenvalue weighted by molar-refractivity contribution is -0.0478. The second-order valence-electron chi connectivity index (χ2n) is 2.34. The zero-order chi connectivity index (χ0) is 7.61. The molecule has 0 aromatic heterocycles. The number of ether oxygens (including phenoxy) is 1. The Bertz CT molecular complexity index is 162. The SMILES string of the molecule is C#CC1(CO)OCCC1O.O. The van der Waals surface area contributed by atoms with Gasteiger partial charge in [-0.2, -0.15) is 0 Å². The van der Waals surface area contributed by atoms with E-state index in [1.54, 1.807) is 0 Å². The summed E-state index contributed by atoms with van der Waals surface area (Å²) in [6, 6.07) is 0. The van der Waals surface area contributed by atoms with E-state index in [-0.39, 0.29) is 12.1 Å². The molecular formula is C7H12O4. The van der Waals surface area contributed by atoms with Crippen LogP contribution < -0.4 is 0 Å². The second kappa shape index (κ2) is 3.69. The Morgan fingerprint density at radius 2 is 2.36 bits per heavy atom. The van der Waals surface area contributed by atoms with E-state index in [2.05, 4.69) is 5.92 Å². The summed E-state index contributed by atoms with van der Waals surface area (Å²) in [4.78, 5) is 0. The molecule has 1 fully saturated rings. The third-order valence-electron chi connectivity index (χ3n) is 1.77. The Labute approximate surface area is 65.1 Å². The quantitative estimate of drug-likeness (QED) is 0.449. The molecule has 0 spiro atoms. The molecule has 1 aliphatic rings. The van der Waals surface area contributed by atoms with Crippen molar-refractivity contribution in [3.05, 3.63) is 0 Å². The first-order valence-corrected chi connectivity index (χ1v) is 3.16. The molecule has 2 atom stereocenters. The van der Waals surface area contributed by atoms with Gasteiger partial charge in [0.2, 0.25) is 0 Å². The molecule has 0 saturated carbocycles. The molecule has 0 aromatic carbocycles. The molecule has 11 heavy (non-hydrogen) atoms. The Hall–Kier alpha value is -0.600. The first kappa shape index (κ1) is 10.4. The molecule has 0 amide bonds. The minimum atomic E-state index is -1.12. The molecule has 0 aliphatic carbocycles. The third-order valence-corrected chi connectivity index (χ3v) is 1.77. The van der Waals surface area contributed by atoms with Crippen LogP contribution >= 0.6 is 0 Å². The van der Waals surface area contributed by atoms with Gasteiger partial charge >= 0.3 is 0 Å². The van der Waals surface area contributed by atoms with E-state index in [0.717, 1.165) is 0 Å². The summed E-state index contributed by atoms with van der Waals surface area (Å²) in [7, 11) is 0. The number of aliphatic hydroxyl groups excluding tert-OH is 2. The molecule has 0 bridgehead atoms. The highest BCUT2D eigenvalue weighted by Gasteiger charge is 2.41. The fourth-order valence-corrected chi connectivity index (χ4v) is 1.02.